The number of piperidine rings is 2. The van der Waals surface area contributed by atoms with Crippen LogP contribution in [-0.4, -0.2) is 60.4 Å². The van der Waals surface area contributed by atoms with Crippen LogP contribution in [0.1, 0.15) is 32.1 Å². The lowest BCUT2D eigenvalue weighted by Gasteiger charge is -2.26. The fraction of sp³-hybridized carbons (Fsp3) is 0.857. The van der Waals surface area contributed by atoms with E-state index in [-0.39, 0.29) is 18.4 Å². The highest BCUT2D eigenvalue weighted by molar-refractivity contribution is 8.00. The topological polar surface area (TPSA) is 61.4 Å². The summed E-state index contributed by atoms with van der Waals surface area (Å²) in [6.07, 6.45) is 5.65. The zero-order valence-corrected chi connectivity index (χ0v) is 12.8. The fourth-order valence-electron chi connectivity index (χ4n) is 2.64. The molecule has 5 nitrogen and oxygen atoms in total. The molecule has 0 aromatic heterocycles. The lowest BCUT2D eigenvalue weighted by atomic mass is 10.1. The van der Waals surface area contributed by atoms with Crippen LogP contribution in [0, 0.1) is 0 Å². The summed E-state index contributed by atoms with van der Waals surface area (Å²) >= 11 is 1.72. The average molecular weight is 299 g/mol. The maximum Gasteiger partial charge on any atom is 0.241 e. The summed E-state index contributed by atoms with van der Waals surface area (Å²) < 4.78 is 0. The quantitative estimate of drug-likeness (QED) is 0.780. The van der Waals surface area contributed by atoms with E-state index in [1.165, 1.54) is 6.42 Å². The van der Waals surface area contributed by atoms with Gasteiger partial charge in [0.25, 0.3) is 0 Å². The Bertz CT molecular complexity index is 326. The second-order valence-electron chi connectivity index (χ2n) is 5.48. The largest absolute Gasteiger partial charge is 0.346 e. The van der Waals surface area contributed by atoms with Crippen LogP contribution < -0.4 is 10.6 Å². The number of carbonyl (C=O) groups is 2. The Morgan fingerprint density at radius 3 is 2.55 bits per heavy atom. The Labute approximate surface area is 125 Å². The summed E-state index contributed by atoms with van der Waals surface area (Å²) in [4.78, 5) is 25.5. The van der Waals surface area contributed by atoms with E-state index in [1.54, 1.807) is 11.8 Å². The molecule has 2 amide bonds. The zero-order valence-electron chi connectivity index (χ0n) is 12.0. The number of likely N-dealkylation sites (tertiary alicyclic amines) is 1. The van der Waals surface area contributed by atoms with Gasteiger partial charge in [-0.1, -0.05) is 0 Å². The van der Waals surface area contributed by atoms with Gasteiger partial charge in [0.05, 0.1) is 12.3 Å². The van der Waals surface area contributed by atoms with E-state index in [1.807, 2.05) is 4.90 Å². The third-order valence-electron chi connectivity index (χ3n) is 3.88. The summed E-state index contributed by atoms with van der Waals surface area (Å²) in [5, 5.41) is 6.65. The number of hydrogen-bond donors (Lipinski definition) is 2. The van der Waals surface area contributed by atoms with E-state index < -0.39 is 0 Å². The van der Waals surface area contributed by atoms with Crippen LogP contribution in [0.3, 0.4) is 0 Å². The van der Waals surface area contributed by atoms with Crippen molar-refractivity contribution in [3.8, 4) is 0 Å². The SMILES string of the molecule is O=C(CSC1CCNCC1)NCC(=O)N1CCCCC1. The number of nitrogens with zero attached hydrogens (tertiary/aromatic N) is 1. The van der Waals surface area contributed by atoms with Crippen LogP contribution in [0.4, 0.5) is 0 Å². The normalized spacial score (nSPS) is 20.7. The van der Waals surface area contributed by atoms with Gasteiger partial charge >= 0.3 is 0 Å². The molecule has 2 rings (SSSR count). The molecule has 0 aliphatic carbocycles. The average Bonchev–Trinajstić information content (AvgIpc) is 2.52. The van der Waals surface area contributed by atoms with E-state index in [2.05, 4.69) is 10.6 Å². The maximum absolute atomic E-state index is 11.9. The third-order valence-corrected chi connectivity index (χ3v) is 5.25. The first-order chi connectivity index (χ1) is 9.75. The van der Waals surface area contributed by atoms with Gasteiger partial charge in [0.1, 0.15) is 0 Å². The van der Waals surface area contributed by atoms with E-state index in [0.29, 0.717) is 11.0 Å². The molecule has 0 atom stereocenters. The second-order valence-corrected chi connectivity index (χ2v) is 6.77. The summed E-state index contributed by atoms with van der Waals surface area (Å²) in [5.41, 5.74) is 0. The molecule has 0 radical (unpaired) electrons. The molecule has 6 heteroatoms. The predicted octanol–water partition coefficient (Wildman–Crippen LogP) is 0.600. The molecule has 0 spiro atoms. The van der Waals surface area contributed by atoms with Gasteiger partial charge in [-0.2, -0.15) is 0 Å². The van der Waals surface area contributed by atoms with E-state index in [4.69, 9.17) is 0 Å². The Balaban J connectivity index is 1.58. The summed E-state index contributed by atoms with van der Waals surface area (Å²) in [6, 6.07) is 0. The Morgan fingerprint density at radius 2 is 1.85 bits per heavy atom. The smallest absolute Gasteiger partial charge is 0.241 e. The van der Waals surface area contributed by atoms with Gasteiger partial charge in [-0.3, -0.25) is 9.59 Å². The van der Waals surface area contributed by atoms with E-state index in [9.17, 15) is 9.59 Å². The van der Waals surface area contributed by atoms with Crippen molar-refractivity contribution in [2.45, 2.75) is 37.4 Å². The van der Waals surface area contributed by atoms with Gasteiger partial charge in [0, 0.05) is 18.3 Å². The zero-order chi connectivity index (χ0) is 14.2. The molecular weight excluding hydrogens is 274 g/mol. The van der Waals surface area contributed by atoms with Crippen molar-refractivity contribution in [1.82, 2.24) is 15.5 Å². The van der Waals surface area contributed by atoms with Crippen LogP contribution in [0.5, 0.6) is 0 Å². The number of thioether (sulfide) groups is 1. The number of rotatable bonds is 5. The standard InChI is InChI=1S/C14H25N3O2S/c18-13(11-20-12-4-6-15-7-5-12)16-10-14(19)17-8-2-1-3-9-17/h12,15H,1-11H2,(H,16,18). The number of hydrogen-bond acceptors (Lipinski definition) is 4. The predicted molar refractivity (Wildman–Crippen MR) is 81.8 cm³/mol. The van der Waals surface area contributed by atoms with Gasteiger partial charge < -0.3 is 15.5 Å². The molecule has 0 saturated carbocycles. The van der Waals surface area contributed by atoms with Crippen molar-refractivity contribution < 1.29 is 9.59 Å². The molecule has 2 aliphatic heterocycles. The van der Waals surface area contributed by atoms with E-state index in [0.717, 1.165) is 51.9 Å². The molecule has 114 valence electrons. The van der Waals surface area contributed by atoms with Crippen LogP contribution in [0.25, 0.3) is 0 Å². The van der Waals surface area contributed by atoms with Crippen molar-refractivity contribution in [2.75, 3.05) is 38.5 Å². The Morgan fingerprint density at radius 1 is 1.15 bits per heavy atom. The fourth-order valence-corrected chi connectivity index (χ4v) is 3.69. The Hall–Kier alpha value is -0.750. The number of amides is 2. The number of carbonyl (C=O) groups excluding carboxylic acids is 2. The summed E-state index contributed by atoms with van der Waals surface area (Å²) in [6.45, 7) is 3.95. The molecule has 2 aliphatic rings. The van der Waals surface area contributed by atoms with Crippen LogP contribution >= 0.6 is 11.8 Å². The molecule has 0 aromatic rings. The van der Waals surface area contributed by atoms with Gasteiger partial charge in [0.2, 0.25) is 11.8 Å². The first-order valence-corrected chi connectivity index (χ1v) is 8.67. The maximum atomic E-state index is 11.9. The van der Waals surface area contributed by atoms with Crippen molar-refractivity contribution in [3.63, 3.8) is 0 Å². The molecular formula is C14H25N3O2S. The molecule has 0 unspecified atom stereocenters. The minimum absolute atomic E-state index is 0.0149. The highest BCUT2D eigenvalue weighted by atomic mass is 32.2. The van der Waals surface area contributed by atoms with Crippen LogP contribution in [-0.2, 0) is 9.59 Å². The van der Waals surface area contributed by atoms with Gasteiger partial charge in [-0.15, -0.1) is 11.8 Å². The summed E-state index contributed by atoms with van der Waals surface area (Å²) in [7, 11) is 0. The second kappa shape index (κ2) is 8.52. The summed E-state index contributed by atoms with van der Waals surface area (Å²) in [5.74, 6) is 0.515. The lowest BCUT2D eigenvalue weighted by Crippen LogP contribution is -2.43. The first kappa shape index (κ1) is 15.6. The van der Waals surface area contributed by atoms with Gasteiger partial charge in [-0.25, -0.2) is 0 Å². The molecule has 0 bridgehead atoms. The molecule has 2 saturated heterocycles. The number of nitrogens with one attached hydrogen (secondary N) is 2. The van der Waals surface area contributed by atoms with E-state index >= 15 is 0 Å². The van der Waals surface area contributed by atoms with Crippen molar-refractivity contribution in [3.05, 3.63) is 0 Å². The minimum Gasteiger partial charge on any atom is -0.346 e. The van der Waals surface area contributed by atoms with Crippen molar-refractivity contribution in [1.29, 1.82) is 0 Å². The minimum atomic E-state index is -0.0149. The monoisotopic (exact) mass is 299 g/mol. The molecule has 0 aromatic carbocycles. The van der Waals surface area contributed by atoms with Crippen molar-refractivity contribution >= 4 is 23.6 Å². The lowest BCUT2D eigenvalue weighted by molar-refractivity contribution is -0.133. The highest BCUT2D eigenvalue weighted by Crippen LogP contribution is 2.19. The molecule has 2 N–H and O–H groups in total. The molecule has 2 fully saturated rings. The van der Waals surface area contributed by atoms with Crippen LogP contribution in [0.2, 0.25) is 0 Å². The highest BCUT2D eigenvalue weighted by Gasteiger charge is 2.18. The van der Waals surface area contributed by atoms with Gasteiger partial charge in [-0.05, 0) is 45.2 Å². The molecule has 2 heterocycles. The third kappa shape index (κ3) is 5.32. The Kier molecular flexibility index (Phi) is 6.66. The van der Waals surface area contributed by atoms with Crippen LogP contribution in [0.15, 0.2) is 0 Å². The molecule has 20 heavy (non-hydrogen) atoms. The van der Waals surface area contributed by atoms with Crippen molar-refractivity contribution in [2.24, 2.45) is 0 Å². The first-order valence-electron chi connectivity index (χ1n) is 7.62. The van der Waals surface area contributed by atoms with Gasteiger partial charge in [0.15, 0.2) is 0 Å².